The van der Waals surface area contributed by atoms with Crippen molar-refractivity contribution in [1.82, 2.24) is 0 Å². The van der Waals surface area contributed by atoms with Crippen LogP contribution in [0.2, 0.25) is 0 Å². The van der Waals surface area contributed by atoms with Crippen LogP contribution < -0.4 is 0 Å². The van der Waals surface area contributed by atoms with Gasteiger partial charge in [0.05, 0.1) is 6.16 Å². The van der Waals surface area contributed by atoms with Crippen molar-refractivity contribution in [3.8, 4) is 0 Å². The number of ether oxygens (including phenoxy) is 2. The van der Waals surface area contributed by atoms with E-state index in [1.54, 1.807) is 0 Å². The molecule has 0 saturated carbocycles. The minimum Gasteiger partial charge on any atom is -0.461 e. The third-order valence-electron chi connectivity index (χ3n) is 2.45. The highest BCUT2D eigenvalue weighted by atomic mass is 31.2. The first kappa shape index (κ1) is 21.7. The third-order valence-corrected chi connectivity index (χ3v) is 4.63. The van der Waals surface area contributed by atoms with Gasteiger partial charge in [0, 0.05) is 11.6 Å². The molecule has 0 radical (unpaired) electrons. The number of carbonyl (C=O) groups excluding carboxylic acids is 2. The summed E-state index contributed by atoms with van der Waals surface area (Å²) < 4.78 is 31.8. The quantitative estimate of drug-likeness (QED) is 0.244. The van der Waals surface area contributed by atoms with Crippen molar-refractivity contribution < 1.29 is 47.8 Å². The van der Waals surface area contributed by atoms with Crippen molar-refractivity contribution in [2.24, 2.45) is 0 Å². The zero-order chi connectivity index (χ0) is 18.4. The molecule has 0 aromatic rings. The first-order chi connectivity index (χ1) is 10.3. The van der Waals surface area contributed by atoms with Gasteiger partial charge in [0.1, 0.15) is 18.4 Å². The van der Waals surface area contributed by atoms with Crippen LogP contribution in [-0.2, 0) is 28.2 Å². The topological polar surface area (TPSA) is 168 Å². The molecule has 12 heteroatoms. The average Bonchev–Trinajstić information content (AvgIpc) is 2.34. The van der Waals surface area contributed by atoms with E-state index < -0.39 is 51.7 Å². The maximum Gasteiger partial charge on any atom is 0.335 e. The summed E-state index contributed by atoms with van der Waals surface area (Å²) in [6.45, 7) is 6.70. The Morgan fingerprint density at radius 1 is 1.22 bits per heavy atom. The van der Waals surface area contributed by atoms with Crippen LogP contribution in [0.1, 0.15) is 6.92 Å². The molecule has 0 heterocycles. The van der Waals surface area contributed by atoms with Gasteiger partial charge in [-0.15, -0.1) is 0 Å². The first-order valence-corrected chi connectivity index (χ1v) is 9.51. The first-order valence-electron chi connectivity index (χ1n) is 6.03. The molecule has 0 aromatic carbocycles. The average molecular weight is 372 g/mol. The molecule has 0 aliphatic rings. The summed E-state index contributed by atoms with van der Waals surface area (Å²) in [5.74, 6) is -2.11. The predicted octanol–water partition coefficient (Wildman–Crippen LogP) is -0.0725. The van der Waals surface area contributed by atoms with Crippen LogP contribution in [0.5, 0.6) is 0 Å². The fourth-order valence-corrected chi connectivity index (χ4v) is 3.21. The summed E-state index contributed by atoms with van der Waals surface area (Å²) >= 11 is 0. The van der Waals surface area contributed by atoms with E-state index in [1.807, 2.05) is 0 Å². The van der Waals surface area contributed by atoms with Gasteiger partial charge in [-0.25, -0.2) is 9.59 Å². The van der Waals surface area contributed by atoms with E-state index in [0.717, 1.165) is 0 Å². The van der Waals surface area contributed by atoms with Crippen LogP contribution >= 0.6 is 15.2 Å². The Bertz CT molecular complexity index is 571. The van der Waals surface area contributed by atoms with E-state index in [1.165, 1.54) is 6.92 Å². The molecule has 0 aliphatic carbocycles. The fraction of sp³-hybridized carbons (Fsp3) is 0.455. The van der Waals surface area contributed by atoms with Gasteiger partial charge in [0.2, 0.25) is 0 Å². The second kappa shape index (κ2) is 8.54. The zero-order valence-electron chi connectivity index (χ0n) is 12.2. The van der Waals surface area contributed by atoms with E-state index >= 15 is 0 Å². The maximum atomic E-state index is 11.5. The number of carbonyl (C=O) groups is 2. The van der Waals surface area contributed by atoms with Crippen LogP contribution in [0, 0.1) is 0 Å². The van der Waals surface area contributed by atoms with E-state index in [4.69, 9.17) is 9.79 Å². The lowest BCUT2D eigenvalue weighted by Gasteiger charge is -2.27. The summed E-state index contributed by atoms with van der Waals surface area (Å²) in [6.07, 6.45) is -2.39. The summed E-state index contributed by atoms with van der Waals surface area (Å²) in [4.78, 5) is 59.1. The highest BCUT2D eigenvalue weighted by Gasteiger charge is 2.42. The van der Waals surface area contributed by atoms with Gasteiger partial charge in [-0.2, -0.15) is 0 Å². The maximum absolute atomic E-state index is 11.5. The smallest absolute Gasteiger partial charge is 0.335 e. The zero-order valence-corrected chi connectivity index (χ0v) is 14.0. The van der Waals surface area contributed by atoms with Gasteiger partial charge in [-0.3, -0.25) is 9.13 Å². The number of hydrogen-bond acceptors (Lipinski definition) is 6. The van der Waals surface area contributed by atoms with Crippen molar-refractivity contribution in [3.05, 3.63) is 24.8 Å². The van der Waals surface area contributed by atoms with Crippen molar-refractivity contribution in [1.29, 1.82) is 0 Å². The lowest BCUT2D eigenvalue weighted by atomic mass is 10.3. The molecule has 0 rings (SSSR count). The molecule has 0 saturated heterocycles. The fourth-order valence-electron chi connectivity index (χ4n) is 1.37. The van der Waals surface area contributed by atoms with Crippen molar-refractivity contribution >= 4 is 27.1 Å². The lowest BCUT2D eigenvalue weighted by Crippen LogP contribution is -2.38. The van der Waals surface area contributed by atoms with Crippen molar-refractivity contribution in [2.45, 2.75) is 18.7 Å². The van der Waals surface area contributed by atoms with Gasteiger partial charge in [-0.05, 0) is 6.92 Å². The van der Waals surface area contributed by atoms with Crippen LogP contribution in [-0.4, -0.2) is 56.0 Å². The molecule has 23 heavy (non-hydrogen) atoms. The Labute approximate surface area is 132 Å². The molecule has 2 unspecified atom stereocenters. The second-order valence-electron chi connectivity index (χ2n) is 4.56. The van der Waals surface area contributed by atoms with Crippen molar-refractivity contribution in [2.75, 3.05) is 12.8 Å². The molecule has 0 spiro atoms. The van der Waals surface area contributed by atoms with Gasteiger partial charge >= 0.3 is 27.1 Å². The Morgan fingerprint density at radius 3 is 2.09 bits per heavy atom. The molecular weight excluding hydrogens is 354 g/mol. The van der Waals surface area contributed by atoms with Gasteiger partial charge in [0.15, 0.2) is 0 Å². The van der Waals surface area contributed by atoms with Crippen LogP contribution in [0.15, 0.2) is 24.8 Å². The third kappa shape index (κ3) is 8.80. The molecular formula is C11H18O10P2. The monoisotopic (exact) mass is 372 g/mol. The highest BCUT2D eigenvalue weighted by Crippen LogP contribution is 2.47. The molecule has 4 N–H and O–H groups in total. The predicted molar refractivity (Wildman–Crippen MR) is 78.6 cm³/mol. The van der Waals surface area contributed by atoms with Gasteiger partial charge < -0.3 is 29.0 Å². The number of hydrogen-bond donors (Lipinski definition) is 4. The van der Waals surface area contributed by atoms with Crippen LogP contribution in [0.25, 0.3) is 0 Å². The van der Waals surface area contributed by atoms with Gasteiger partial charge in [0.25, 0.3) is 0 Å². The van der Waals surface area contributed by atoms with E-state index in [-0.39, 0.29) is 5.57 Å². The lowest BCUT2D eigenvalue weighted by molar-refractivity contribution is -0.144. The normalized spacial score (nSPS) is 14.5. The SMILES string of the molecule is C=CC(=O)OC(CP(=O)(O)O)C(COC(=O)C(=C)C)P(=O)(O)O. The number of rotatable bonds is 9. The molecule has 132 valence electrons. The summed E-state index contributed by atoms with van der Waals surface area (Å²) in [6, 6.07) is 0. The highest BCUT2D eigenvalue weighted by molar-refractivity contribution is 7.53. The minimum atomic E-state index is -5.03. The number of esters is 2. The van der Waals surface area contributed by atoms with Crippen molar-refractivity contribution in [3.63, 3.8) is 0 Å². The van der Waals surface area contributed by atoms with Crippen LogP contribution in [0.4, 0.5) is 0 Å². The minimum absolute atomic E-state index is 0.0518. The van der Waals surface area contributed by atoms with E-state index in [0.29, 0.717) is 6.08 Å². The Morgan fingerprint density at radius 2 is 1.74 bits per heavy atom. The Balaban J connectivity index is 5.45. The largest absolute Gasteiger partial charge is 0.461 e. The Hall–Kier alpha value is -1.28. The van der Waals surface area contributed by atoms with Gasteiger partial charge in [-0.1, -0.05) is 13.2 Å². The molecule has 10 nitrogen and oxygen atoms in total. The summed E-state index contributed by atoms with van der Waals surface area (Å²) in [5, 5.41) is 0. The summed E-state index contributed by atoms with van der Waals surface area (Å²) in [5.41, 5.74) is -2.01. The molecule has 0 bridgehead atoms. The molecule has 0 amide bonds. The molecule has 0 aromatic heterocycles. The molecule has 2 atom stereocenters. The molecule has 0 aliphatic heterocycles. The van der Waals surface area contributed by atoms with Crippen LogP contribution in [0.3, 0.4) is 0 Å². The van der Waals surface area contributed by atoms with E-state index in [9.17, 15) is 28.5 Å². The standard InChI is InChI=1S/C11H18O10P2/c1-4-10(12)21-8(6-22(14,15)16)9(23(17,18)19)5-20-11(13)7(2)3/h4,8-9H,1-2,5-6H2,3H3,(H2,14,15,16)(H2,17,18,19). The van der Waals surface area contributed by atoms with E-state index in [2.05, 4.69) is 22.6 Å². The Kier molecular flexibility index (Phi) is 8.06. The molecule has 0 fully saturated rings. The second-order valence-corrected chi connectivity index (χ2v) is 8.10. The summed E-state index contributed by atoms with van der Waals surface area (Å²) in [7, 11) is -9.82.